The second kappa shape index (κ2) is 4.49. The minimum absolute atomic E-state index is 0.965. The first-order chi connectivity index (χ1) is 7.31. The molecule has 80 valence electrons. The van der Waals surface area contributed by atoms with Crippen LogP contribution >= 0.6 is 0 Å². The lowest BCUT2D eigenvalue weighted by Crippen LogP contribution is -2.20. The summed E-state index contributed by atoms with van der Waals surface area (Å²) in [6.07, 6.45) is 3.33. The molecule has 0 radical (unpaired) electrons. The highest BCUT2D eigenvalue weighted by Gasteiger charge is 2.10. The minimum Gasteiger partial charge on any atom is -0.496 e. The number of hydrogen-bond acceptors (Lipinski definition) is 2. The zero-order valence-corrected chi connectivity index (χ0v) is 9.34. The van der Waals surface area contributed by atoms with Gasteiger partial charge in [-0.3, -0.25) is 0 Å². The largest absolute Gasteiger partial charge is 0.496 e. The first kappa shape index (κ1) is 10.2. The summed E-state index contributed by atoms with van der Waals surface area (Å²) in [5.74, 6) is 0.980. The molecule has 0 aromatic heterocycles. The third kappa shape index (κ3) is 2.21. The van der Waals surface area contributed by atoms with Gasteiger partial charge in [-0.2, -0.15) is 0 Å². The van der Waals surface area contributed by atoms with Gasteiger partial charge in [0.2, 0.25) is 0 Å². The molecule has 0 fully saturated rings. The molecule has 1 aromatic carbocycles. The third-order valence-electron chi connectivity index (χ3n) is 2.76. The van der Waals surface area contributed by atoms with Gasteiger partial charge in [0.1, 0.15) is 5.75 Å². The fourth-order valence-electron chi connectivity index (χ4n) is 1.94. The highest BCUT2D eigenvalue weighted by Crippen LogP contribution is 2.29. The molecule has 1 aliphatic heterocycles. The van der Waals surface area contributed by atoms with E-state index in [1.807, 2.05) is 6.07 Å². The van der Waals surface area contributed by atoms with Gasteiger partial charge in [0, 0.05) is 12.1 Å². The summed E-state index contributed by atoms with van der Waals surface area (Å²) in [5, 5.41) is 3.32. The van der Waals surface area contributed by atoms with Crippen molar-refractivity contribution in [1.82, 2.24) is 5.32 Å². The van der Waals surface area contributed by atoms with Gasteiger partial charge < -0.3 is 10.1 Å². The van der Waals surface area contributed by atoms with E-state index < -0.39 is 0 Å². The molecular formula is C13H17NO. The Balaban J connectivity index is 2.40. The predicted molar refractivity (Wildman–Crippen MR) is 63.2 cm³/mol. The Kier molecular flexibility index (Phi) is 3.07. The smallest absolute Gasteiger partial charge is 0.126 e. The van der Waals surface area contributed by atoms with Crippen LogP contribution in [0.25, 0.3) is 5.57 Å². The molecule has 1 N–H and O–H groups in total. The second-order valence-electron chi connectivity index (χ2n) is 3.89. The van der Waals surface area contributed by atoms with Crippen LogP contribution in [0.15, 0.2) is 24.3 Å². The average Bonchev–Trinajstić information content (AvgIpc) is 2.30. The zero-order valence-electron chi connectivity index (χ0n) is 9.34. The molecule has 0 saturated heterocycles. The van der Waals surface area contributed by atoms with E-state index in [1.54, 1.807) is 7.11 Å². The quantitative estimate of drug-likeness (QED) is 0.796. The zero-order chi connectivity index (χ0) is 10.7. The molecule has 2 rings (SSSR count). The van der Waals surface area contributed by atoms with Gasteiger partial charge in [-0.05, 0) is 37.6 Å². The van der Waals surface area contributed by atoms with E-state index in [4.69, 9.17) is 4.74 Å². The van der Waals surface area contributed by atoms with Crippen molar-refractivity contribution in [2.24, 2.45) is 0 Å². The van der Waals surface area contributed by atoms with Crippen molar-refractivity contribution in [1.29, 1.82) is 0 Å². The molecular weight excluding hydrogens is 186 g/mol. The normalized spacial score (nSPS) is 16.0. The third-order valence-corrected chi connectivity index (χ3v) is 2.76. The van der Waals surface area contributed by atoms with Gasteiger partial charge in [0.05, 0.1) is 7.11 Å². The van der Waals surface area contributed by atoms with Crippen LogP contribution in [0.3, 0.4) is 0 Å². The lowest BCUT2D eigenvalue weighted by Gasteiger charge is -2.17. The summed E-state index contributed by atoms with van der Waals surface area (Å²) in [6.45, 7) is 4.14. The second-order valence-corrected chi connectivity index (χ2v) is 3.89. The van der Waals surface area contributed by atoms with Crippen molar-refractivity contribution in [3.05, 3.63) is 35.4 Å². The van der Waals surface area contributed by atoms with Gasteiger partial charge in [0.25, 0.3) is 0 Å². The summed E-state index contributed by atoms with van der Waals surface area (Å²) in [7, 11) is 1.73. The van der Waals surface area contributed by atoms with Crippen LogP contribution in [0.1, 0.15) is 17.5 Å². The van der Waals surface area contributed by atoms with Crippen LogP contribution in [-0.2, 0) is 0 Å². The van der Waals surface area contributed by atoms with E-state index in [-0.39, 0.29) is 0 Å². The summed E-state index contributed by atoms with van der Waals surface area (Å²) in [4.78, 5) is 0. The Morgan fingerprint density at radius 3 is 2.87 bits per heavy atom. The predicted octanol–water partition coefficient (Wildman–Crippen LogP) is 2.38. The Morgan fingerprint density at radius 2 is 2.20 bits per heavy atom. The van der Waals surface area contributed by atoms with E-state index in [0.717, 1.165) is 25.3 Å². The van der Waals surface area contributed by atoms with Crippen molar-refractivity contribution >= 4 is 5.57 Å². The fourth-order valence-corrected chi connectivity index (χ4v) is 1.94. The first-order valence-electron chi connectivity index (χ1n) is 5.36. The number of hydrogen-bond donors (Lipinski definition) is 1. The lowest BCUT2D eigenvalue weighted by molar-refractivity contribution is 0.413. The summed E-state index contributed by atoms with van der Waals surface area (Å²) >= 11 is 0. The highest BCUT2D eigenvalue weighted by molar-refractivity contribution is 5.72. The maximum absolute atomic E-state index is 5.39. The minimum atomic E-state index is 0.965. The van der Waals surface area contributed by atoms with Crippen LogP contribution in [0.2, 0.25) is 0 Å². The molecule has 1 heterocycles. The molecule has 0 bridgehead atoms. The van der Waals surface area contributed by atoms with Crippen molar-refractivity contribution in [2.75, 3.05) is 20.2 Å². The van der Waals surface area contributed by atoms with Gasteiger partial charge in [-0.15, -0.1) is 0 Å². The maximum Gasteiger partial charge on any atom is 0.126 e. The Hall–Kier alpha value is -1.28. The van der Waals surface area contributed by atoms with Gasteiger partial charge in [0.15, 0.2) is 0 Å². The van der Waals surface area contributed by atoms with E-state index >= 15 is 0 Å². The van der Waals surface area contributed by atoms with Crippen LogP contribution < -0.4 is 10.1 Å². The van der Waals surface area contributed by atoms with E-state index in [0.29, 0.717) is 0 Å². The maximum atomic E-state index is 5.39. The van der Waals surface area contributed by atoms with Crippen molar-refractivity contribution < 1.29 is 4.74 Å². The van der Waals surface area contributed by atoms with Crippen LogP contribution in [-0.4, -0.2) is 20.2 Å². The molecule has 0 spiro atoms. The number of methoxy groups -OCH3 is 1. The van der Waals surface area contributed by atoms with Crippen LogP contribution in [0.5, 0.6) is 5.75 Å². The molecule has 2 nitrogen and oxygen atoms in total. The SMILES string of the molecule is COc1ccc(C)cc1C1=CCNCC1. The fraction of sp³-hybridized carbons (Fsp3) is 0.385. The molecule has 15 heavy (non-hydrogen) atoms. The molecule has 0 unspecified atom stereocenters. The molecule has 0 amide bonds. The van der Waals surface area contributed by atoms with Crippen molar-refractivity contribution in [2.45, 2.75) is 13.3 Å². The van der Waals surface area contributed by atoms with Gasteiger partial charge >= 0.3 is 0 Å². The van der Waals surface area contributed by atoms with Gasteiger partial charge in [-0.25, -0.2) is 0 Å². The topological polar surface area (TPSA) is 21.3 Å². The van der Waals surface area contributed by atoms with Gasteiger partial charge in [-0.1, -0.05) is 17.7 Å². The Labute approximate surface area is 91.0 Å². The van der Waals surface area contributed by atoms with Crippen molar-refractivity contribution in [3.63, 3.8) is 0 Å². The number of rotatable bonds is 2. The van der Waals surface area contributed by atoms with Crippen molar-refractivity contribution in [3.8, 4) is 5.75 Å². The number of benzene rings is 1. The summed E-state index contributed by atoms with van der Waals surface area (Å²) < 4.78 is 5.39. The highest BCUT2D eigenvalue weighted by atomic mass is 16.5. The molecule has 1 aliphatic rings. The first-order valence-corrected chi connectivity index (χ1v) is 5.36. The summed E-state index contributed by atoms with van der Waals surface area (Å²) in [6, 6.07) is 6.34. The standard InChI is InChI=1S/C13H17NO/c1-10-3-4-13(15-2)12(9-10)11-5-7-14-8-6-11/h3-5,9,14H,6-8H2,1-2H3. The monoisotopic (exact) mass is 203 g/mol. The Bertz CT molecular complexity index is 382. The average molecular weight is 203 g/mol. The number of ether oxygens (including phenoxy) is 1. The van der Waals surface area contributed by atoms with E-state index in [2.05, 4.69) is 30.4 Å². The molecule has 2 heteroatoms. The molecule has 0 atom stereocenters. The lowest BCUT2D eigenvalue weighted by atomic mass is 9.98. The van der Waals surface area contributed by atoms with E-state index in [1.165, 1.54) is 16.7 Å². The Morgan fingerprint density at radius 1 is 1.33 bits per heavy atom. The van der Waals surface area contributed by atoms with Crippen LogP contribution in [0.4, 0.5) is 0 Å². The number of nitrogens with one attached hydrogen (secondary N) is 1. The number of aryl methyl sites for hydroxylation is 1. The molecule has 1 aromatic rings. The molecule has 0 saturated carbocycles. The summed E-state index contributed by atoms with van der Waals surface area (Å²) in [5.41, 5.74) is 3.93. The van der Waals surface area contributed by atoms with Crippen LogP contribution in [0, 0.1) is 6.92 Å². The molecule has 0 aliphatic carbocycles. The van der Waals surface area contributed by atoms with E-state index in [9.17, 15) is 0 Å².